The standard InChI is InChI=1S/C25H38O4/c1-2-3-4-5-6-7-8-12-18-28-24(26)22-16-13-17-23(19-22)25(27)29-20-21-14-10-9-11-15-21/h13,16-17,19,21H,2-12,14-15,18,20H2,1H3. The van der Waals surface area contributed by atoms with Gasteiger partial charge in [-0.15, -0.1) is 0 Å². The average Bonchev–Trinajstić information content (AvgIpc) is 2.77. The Morgan fingerprint density at radius 2 is 1.41 bits per heavy atom. The van der Waals surface area contributed by atoms with Gasteiger partial charge in [0.25, 0.3) is 0 Å². The summed E-state index contributed by atoms with van der Waals surface area (Å²) < 4.78 is 10.8. The van der Waals surface area contributed by atoms with Crippen molar-refractivity contribution in [2.45, 2.75) is 90.4 Å². The van der Waals surface area contributed by atoms with Gasteiger partial charge in [0, 0.05) is 0 Å². The Kier molecular flexibility index (Phi) is 11.5. The third-order valence-electron chi connectivity index (χ3n) is 5.74. The van der Waals surface area contributed by atoms with Crippen LogP contribution in [0.25, 0.3) is 0 Å². The Labute approximate surface area is 176 Å². The molecule has 1 aliphatic carbocycles. The summed E-state index contributed by atoms with van der Waals surface area (Å²) in [6, 6.07) is 6.68. The van der Waals surface area contributed by atoms with Crippen molar-refractivity contribution in [3.8, 4) is 0 Å². The summed E-state index contributed by atoms with van der Waals surface area (Å²) in [6.45, 7) is 3.14. The van der Waals surface area contributed by atoms with Gasteiger partial charge in [-0.05, 0) is 43.4 Å². The summed E-state index contributed by atoms with van der Waals surface area (Å²) in [5.74, 6) is -0.240. The lowest BCUT2D eigenvalue weighted by Crippen LogP contribution is -2.17. The normalized spacial score (nSPS) is 14.5. The molecule has 1 aromatic carbocycles. The Balaban J connectivity index is 1.65. The highest BCUT2D eigenvalue weighted by molar-refractivity contribution is 5.95. The molecule has 1 saturated carbocycles. The molecule has 4 nitrogen and oxygen atoms in total. The first-order valence-electron chi connectivity index (χ1n) is 11.6. The number of ether oxygens (including phenoxy) is 2. The molecule has 0 atom stereocenters. The van der Waals surface area contributed by atoms with E-state index in [1.807, 2.05) is 0 Å². The van der Waals surface area contributed by atoms with Gasteiger partial charge in [-0.1, -0.05) is 77.2 Å². The number of rotatable bonds is 13. The van der Waals surface area contributed by atoms with Crippen LogP contribution in [0.3, 0.4) is 0 Å². The van der Waals surface area contributed by atoms with Crippen LogP contribution in [0.1, 0.15) is 111 Å². The number of hydrogen-bond acceptors (Lipinski definition) is 4. The van der Waals surface area contributed by atoms with Gasteiger partial charge in [0.05, 0.1) is 24.3 Å². The predicted octanol–water partition coefficient (Wildman–Crippen LogP) is 6.72. The number of hydrogen-bond donors (Lipinski definition) is 0. The lowest BCUT2D eigenvalue weighted by atomic mass is 9.90. The maximum absolute atomic E-state index is 12.3. The van der Waals surface area contributed by atoms with Crippen molar-refractivity contribution in [2.24, 2.45) is 5.92 Å². The highest BCUT2D eigenvalue weighted by Gasteiger charge is 2.17. The van der Waals surface area contributed by atoms with E-state index in [0.717, 1.165) is 25.7 Å². The predicted molar refractivity (Wildman–Crippen MR) is 116 cm³/mol. The van der Waals surface area contributed by atoms with E-state index in [-0.39, 0.29) is 11.9 Å². The molecule has 1 fully saturated rings. The van der Waals surface area contributed by atoms with Crippen molar-refractivity contribution in [1.29, 1.82) is 0 Å². The van der Waals surface area contributed by atoms with Crippen LogP contribution < -0.4 is 0 Å². The smallest absolute Gasteiger partial charge is 0.338 e. The van der Waals surface area contributed by atoms with Crippen LogP contribution in [0, 0.1) is 5.92 Å². The zero-order valence-electron chi connectivity index (χ0n) is 18.1. The van der Waals surface area contributed by atoms with E-state index >= 15 is 0 Å². The number of unbranched alkanes of at least 4 members (excludes halogenated alkanes) is 7. The highest BCUT2D eigenvalue weighted by Crippen LogP contribution is 2.24. The van der Waals surface area contributed by atoms with E-state index in [0.29, 0.717) is 30.3 Å². The molecule has 0 N–H and O–H groups in total. The fraction of sp³-hybridized carbons (Fsp3) is 0.680. The second-order valence-electron chi connectivity index (χ2n) is 8.29. The van der Waals surface area contributed by atoms with E-state index in [1.165, 1.54) is 57.8 Å². The molecule has 0 unspecified atom stereocenters. The third kappa shape index (κ3) is 9.47. The molecule has 0 radical (unpaired) electrons. The molecule has 0 aromatic heterocycles. The summed E-state index contributed by atoms with van der Waals surface area (Å²) in [5.41, 5.74) is 0.832. The van der Waals surface area contributed by atoms with Gasteiger partial charge in [-0.25, -0.2) is 9.59 Å². The Bertz CT molecular complexity index is 605. The number of esters is 2. The first-order valence-corrected chi connectivity index (χ1v) is 11.6. The summed E-state index contributed by atoms with van der Waals surface area (Å²) in [5, 5.41) is 0. The fourth-order valence-corrected chi connectivity index (χ4v) is 3.89. The molecular weight excluding hydrogens is 364 g/mol. The minimum Gasteiger partial charge on any atom is -0.462 e. The minimum absolute atomic E-state index is 0.353. The van der Waals surface area contributed by atoms with Crippen molar-refractivity contribution in [3.05, 3.63) is 35.4 Å². The molecular formula is C25H38O4. The largest absolute Gasteiger partial charge is 0.462 e. The SMILES string of the molecule is CCCCCCCCCCOC(=O)c1cccc(C(=O)OCC2CCCCC2)c1. The molecule has 2 rings (SSSR count). The molecule has 4 heteroatoms. The topological polar surface area (TPSA) is 52.6 Å². The maximum atomic E-state index is 12.3. The van der Waals surface area contributed by atoms with Gasteiger partial charge >= 0.3 is 11.9 Å². The van der Waals surface area contributed by atoms with Crippen LogP contribution in [0.2, 0.25) is 0 Å². The molecule has 29 heavy (non-hydrogen) atoms. The zero-order chi connectivity index (χ0) is 20.7. The number of carbonyl (C=O) groups is 2. The van der Waals surface area contributed by atoms with Gasteiger partial charge in [0.1, 0.15) is 0 Å². The highest BCUT2D eigenvalue weighted by atomic mass is 16.5. The minimum atomic E-state index is -0.366. The molecule has 1 aliphatic rings. The molecule has 0 aliphatic heterocycles. The lowest BCUT2D eigenvalue weighted by Gasteiger charge is -2.21. The van der Waals surface area contributed by atoms with Crippen LogP contribution in [0.5, 0.6) is 0 Å². The zero-order valence-corrected chi connectivity index (χ0v) is 18.1. The monoisotopic (exact) mass is 402 g/mol. The molecule has 0 spiro atoms. The summed E-state index contributed by atoms with van der Waals surface area (Å²) in [7, 11) is 0. The van der Waals surface area contributed by atoms with Gasteiger partial charge in [0.2, 0.25) is 0 Å². The van der Waals surface area contributed by atoms with Gasteiger partial charge in [0.15, 0.2) is 0 Å². The van der Waals surface area contributed by atoms with Crippen LogP contribution in [-0.2, 0) is 9.47 Å². The van der Waals surface area contributed by atoms with Crippen molar-refractivity contribution < 1.29 is 19.1 Å². The Morgan fingerprint density at radius 3 is 2.07 bits per heavy atom. The van der Waals surface area contributed by atoms with Gasteiger partial charge in [-0.2, -0.15) is 0 Å². The van der Waals surface area contributed by atoms with Gasteiger partial charge in [-0.3, -0.25) is 0 Å². The van der Waals surface area contributed by atoms with Crippen molar-refractivity contribution in [3.63, 3.8) is 0 Å². The van der Waals surface area contributed by atoms with E-state index in [4.69, 9.17) is 9.47 Å². The fourth-order valence-electron chi connectivity index (χ4n) is 3.89. The second-order valence-corrected chi connectivity index (χ2v) is 8.29. The van der Waals surface area contributed by atoms with Crippen LogP contribution >= 0.6 is 0 Å². The second kappa shape index (κ2) is 14.2. The van der Waals surface area contributed by atoms with Crippen molar-refractivity contribution >= 4 is 11.9 Å². The van der Waals surface area contributed by atoms with E-state index in [9.17, 15) is 9.59 Å². The summed E-state index contributed by atoms with van der Waals surface area (Å²) >= 11 is 0. The van der Waals surface area contributed by atoms with E-state index < -0.39 is 0 Å². The summed E-state index contributed by atoms with van der Waals surface area (Å²) in [6.07, 6.45) is 15.7. The quantitative estimate of drug-likeness (QED) is 0.271. The first kappa shape index (κ1) is 23.4. The van der Waals surface area contributed by atoms with Gasteiger partial charge < -0.3 is 9.47 Å². The van der Waals surface area contributed by atoms with E-state index in [2.05, 4.69) is 6.92 Å². The van der Waals surface area contributed by atoms with Crippen molar-refractivity contribution in [2.75, 3.05) is 13.2 Å². The van der Waals surface area contributed by atoms with Crippen LogP contribution in [-0.4, -0.2) is 25.2 Å². The first-order chi connectivity index (χ1) is 14.2. The maximum Gasteiger partial charge on any atom is 0.338 e. The Hall–Kier alpha value is -1.84. The third-order valence-corrected chi connectivity index (χ3v) is 5.74. The molecule has 1 aromatic rings. The van der Waals surface area contributed by atoms with Crippen LogP contribution in [0.4, 0.5) is 0 Å². The molecule has 0 bridgehead atoms. The molecule has 162 valence electrons. The van der Waals surface area contributed by atoms with Crippen LogP contribution in [0.15, 0.2) is 24.3 Å². The van der Waals surface area contributed by atoms with E-state index in [1.54, 1.807) is 24.3 Å². The number of carbonyl (C=O) groups excluding carboxylic acids is 2. The summed E-state index contributed by atoms with van der Waals surface area (Å²) in [4.78, 5) is 24.6. The molecule has 0 saturated heterocycles. The van der Waals surface area contributed by atoms with Crippen molar-refractivity contribution in [1.82, 2.24) is 0 Å². The number of benzene rings is 1. The Morgan fingerprint density at radius 1 is 0.828 bits per heavy atom. The average molecular weight is 403 g/mol. The molecule has 0 amide bonds. The lowest BCUT2D eigenvalue weighted by molar-refractivity contribution is 0.0410. The molecule has 0 heterocycles.